The maximum Gasteiger partial charge on any atom is 0.253 e. The van der Waals surface area contributed by atoms with Gasteiger partial charge in [0, 0.05) is 40.8 Å². The number of anilines is 3. The van der Waals surface area contributed by atoms with Crippen LogP contribution in [0.5, 0.6) is 0 Å². The van der Waals surface area contributed by atoms with Crippen molar-refractivity contribution in [1.29, 1.82) is 0 Å². The summed E-state index contributed by atoms with van der Waals surface area (Å²) < 4.78 is 0. The summed E-state index contributed by atoms with van der Waals surface area (Å²) >= 11 is 6.12. The summed E-state index contributed by atoms with van der Waals surface area (Å²) in [6.45, 7) is 7.42. The van der Waals surface area contributed by atoms with Crippen molar-refractivity contribution < 1.29 is 4.79 Å². The van der Waals surface area contributed by atoms with Gasteiger partial charge in [-0.1, -0.05) is 25.4 Å². The van der Waals surface area contributed by atoms with Gasteiger partial charge in [-0.25, -0.2) is 0 Å². The second-order valence-electron chi connectivity index (χ2n) is 8.58. The van der Waals surface area contributed by atoms with Gasteiger partial charge in [-0.3, -0.25) is 9.59 Å². The number of likely N-dealkylation sites (N-methyl/N-ethyl adjacent to an activating group) is 1. The molecule has 1 aliphatic rings. The number of hydrogen-bond acceptors (Lipinski definition) is 4. The summed E-state index contributed by atoms with van der Waals surface area (Å²) in [6, 6.07) is 13.1. The molecule has 0 bridgehead atoms. The Bertz CT molecular complexity index is 1200. The predicted octanol–water partition coefficient (Wildman–Crippen LogP) is 4.79. The number of aromatic amines is 1. The van der Waals surface area contributed by atoms with Crippen LogP contribution in [-0.4, -0.2) is 31.0 Å². The van der Waals surface area contributed by atoms with Crippen LogP contribution in [0.25, 0.3) is 10.9 Å². The van der Waals surface area contributed by atoms with E-state index in [0.29, 0.717) is 23.0 Å². The van der Waals surface area contributed by atoms with Crippen LogP contribution in [0.3, 0.4) is 0 Å². The lowest BCUT2D eigenvalue weighted by molar-refractivity contribution is -0.117. The average molecular weight is 439 g/mol. The van der Waals surface area contributed by atoms with Crippen LogP contribution in [0.1, 0.15) is 32.4 Å². The summed E-state index contributed by atoms with van der Waals surface area (Å²) in [7, 11) is 1.81. The summed E-state index contributed by atoms with van der Waals surface area (Å²) in [4.78, 5) is 31.8. The molecule has 0 fully saturated rings. The molecule has 162 valence electrons. The van der Waals surface area contributed by atoms with Gasteiger partial charge in [0.1, 0.15) is 0 Å². The Morgan fingerprint density at radius 3 is 2.58 bits per heavy atom. The topological polar surface area (TPSA) is 68.4 Å². The van der Waals surface area contributed by atoms with E-state index in [1.54, 1.807) is 11.0 Å². The van der Waals surface area contributed by atoms with E-state index < -0.39 is 0 Å². The number of nitrogens with one attached hydrogen (secondary N) is 2. The molecule has 31 heavy (non-hydrogen) atoms. The molecule has 0 saturated carbocycles. The molecule has 3 aromatic rings. The van der Waals surface area contributed by atoms with Crippen molar-refractivity contribution in [2.24, 2.45) is 5.92 Å². The minimum absolute atomic E-state index is 0.0867. The smallest absolute Gasteiger partial charge is 0.253 e. The minimum Gasteiger partial charge on any atom is -0.378 e. The average Bonchev–Trinajstić information content (AvgIpc) is 2.71. The van der Waals surface area contributed by atoms with Crippen molar-refractivity contribution in [3.05, 3.63) is 63.4 Å². The van der Waals surface area contributed by atoms with Crippen molar-refractivity contribution >= 4 is 45.5 Å². The maximum absolute atomic E-state index is 12.7. The molecular weight excluding hydrogens is 412 g/mol. The second-order valence-corrected chi connectivity index (χ2v) is 9.02. The van der Waals surface area contributed by atoms with Crippen molar-refractivity contribution in [3.8, 4) is 0 Å². The molecule has 1 aliphatic heterocycles. The highest BCUT2D eigenvalue weighted by atomic mass is 35.5. The Kier molecular flexibility index (Phi) is 5.67. The zero-order valence-electron chi connectivity index (χ0n) is 18.2. The number of aromatic nitrogens is 1. The second kappa shape index (κ2) is 8.27. The van der Waals surface area contributed by atoms with Crippen LogP contribution in [-0.2, 0) is 4.79 Å². The molecule has 4 rings (SSSR count). The zero-order chi connectivity index (χ0) is 22.3. The zero-order valence-corrected chi connectivity index (χ0v) is 19.0. The standard InChI is InChI=1S/C24H27ClN4O2/c1-14(2)12-29-13-23(30)28(4)21-8-6-18(11-22(21)29)26-15(3)19-10-16-9-17(25)5-7-20(16)27-24(19)31/h5-11,14-15,26H,12-13H2,1-4H3,(H,27,31)/t15-/m0/s1. The molecule has 1 atom stereocenters. The monoisotopic (exact) mass is 438 g/mol. The molecule has 1 aromatic heterocycles. The molecule has 2 heterocycles. The third kappa shape index (κ3) is 4.26. The van der Waals surface area contributed by atoms with Crippen LogP contribution >= 0.6 is 11.6 Å². The van der Waals surface area contributed by atoms with E-state index in [4.69, 9.17) is 11.6 Å². The molecule has 0 unspecified atom stereocenters. The van der Waals surface area contributed by atoms with E-state index in [0.717, 1.165) is 34.5 Å². The minimum atomic E-state index is -0.216. The lowest BCUT2D eigenvalue weighted by Gasteiger charge is -2.37. The van der Waals surface area contributed by atoms with Gasteiger partial charge in [0.25, 0.3) is 5.56 Å². The number of benzene rings is 2. The Morgan fingerprint density at radius 1 is 1.06 bits per heavy atom. The largest absolute Gasteiger partial charge is 0.378 e. The number of amides is 1. The van der Waals surface area contributed by atoms with E-state index >= 15 is 0 Å². The van der Waals surface area contributed by atoms with E-state index in [2.05, 4.69) is 35.1 Å². The lowest BCUT2D eigenvalue weighted by Crippen LogP contribution is -2.45. The third-order valence-electron chi connectivity index (χ3n) is 5.65. The van der Waals surface area contributed by atoms with E-state index in [1.165, 1.54) is 0 Å². The number of nitrogens with zero attached hydrogens (tertiary/aromatic N) is 2. The number of H-pyrrole nitrogens is 1. The number of pyridine rings is 1. The molecule has 0 spiro atoms. The highest BCUT2D eigenvalue weighted by Gasteiger charge is 2.27. The first-order valence-electron chi connectivity index (χ1n) is 10.5. The van der Waals surface area contributed by atoms with Gasteiger partial charge < -0.3 is 20.1 Å². The maximum atomic E-state index is 12.7. The van der Waals surface area contributed by atoms with Crippen LogP contribution in [0, 0.1) is 5.92 Å². The lowest BCUT2D eigenvalue weighted by atomic mass is 10.1. The van der Waals surface area contributed by atoms with E-state index in [9.17, 15) is 9.59 Å². The van der Waals surface area contributed by atoms with Gasteiger partial charge in [0.2, 0.25) is 5.91 Å². The normalized spacial score (nSPS) is 14.8. The first kappa shape index (κ1) is 21.2. The number of carbonyl (C=O) groups is 1. The van der Waals surface area contributed by atoms with Gasteiger partial charge in [-0.05, 0) is 55.3 Å². The van der Waals surface area contributed by atoms with Gasteiger partial charge in [-0.15, -0.1) is 0 Å². The Morgan fingerprint density at radius 2 is 1.84 bits per heavy atom. The van der Waals surface area contributed by atoms with Gasteiger partial charge in [-0.2, -0.15) is 0 Å². The van der Waals surface area contributed by atoms with Crippen molar-refractivity contribution in [1.82, 2.24) is 4.98 Å². The molecule has 7 heteroatoms. The molecule has 2 N–H and O–H groups in total. The van der Waals surface area contributed by atoms with Crippen molar-refractivity contribution in [2.45, 2.75) is 26.8 Å². The summed E-state index contributed by atoms with van der Waals surface area (Å²) in [5, 5.41) is 4.97. The van der Waals surface area contributed by atoms with Gasteiger partial charge in [0.05, 0.1) is 24.0 Å². The first-order valence-corrected chi connectivity index (χ1v) is 10.9. The van der Waals surface area contributed by atoms with Crippen LogP contribution in [0.2, 0.25) is 5.02 Å². The van der Waals surface area contributed by atoms with Gasteiger partial charge >= 0.3 is 0 Å². The van der Waals surface area contributed by atoms with Crippen molar-refractivity contribution in [3.63, 3.8) is 0 Å². The van der Waals surface area contributed by atoms with Crippen LogP contribution in [0.4, 0.5) is 17.1 Å². The number of halogens is 1. The Balaban J connectivity index is 1.65. The third-order valence-corrected chi connectivity index (χ3v) is 5.88. The van der Waals surface area contributed by atoms with Gasteiger partial charge in [0.15, 0.2) is 0 Å². The SMILES string of the molecule is CC(C)CN1CC(=O)N(C)c2ccc(N[C@@H](C)c3cc4cc(Cl)ccc4[nH]c3=O)cc21. The number of rotatable bonds is 5. The van der Waals surface area contributed by atoms with Crippen LogP contribution < -0.4 is 20.7 Å². The number of carbonyl (C=O) groups excluding carboxylic acids is 1. The fourth-order valence-corrected chi connectivity index (χ4v) is 4.27. The Hall–Kier alpha value is -2.99. The molecule has 0 aliphatic carbocycles. The van der Waals surface area contributed by atoms with E-state index in [1.807, 2.05) is 44.3 Å². The quantitative estimate of drug-likeness (QED) is 0.600. The molecule has 0 saturated heterocycles. The fourth-order valence-electron chi connectivity index (χ4n) is 4.09. The van der Waals surface area contributed by atoms with Crippen molar-refractivity contribution in [2.75, 3.05) is 35.3 Å². The summed E-state index contributed by atoms with van der Waals surface area (Å²) in [5.41, 5.74) is 4.09. The molecular formula is C24H27ClN4O2. The Labute approximate surface area is 186 Å². The molecule has 6 nitrogen and oxygen atoms in total. The fraction of sp³-hybridized carbons (Fsp3) is 0.333. The molecule has 1 amide bonds. The highest BCUT2D eigenvalue weighted by Crippen LogP contribution is 2.36. The molecule has 0 radical (unpaired) electrons. The number of fused-ring (bicyclic) bond motifs is 2. The van der Waals surface area contributed by atoms with E-state index in [-0.39, 0.29) is 17.5 Å². The predicted molar refractivity (Wildman–Crippen MR) is 129 cm³/mol. The summed E-state index contributed by atoms with van der Waals surface area (Å²) in [5.74, 6) is 0.520. The highest BCUT2D eigenvalue weighted by molar-refractivity contribution is 6.31. The number of hydrogen-bond donors (Lipinski definition) is 2. The van der Waals surface area contributed by atoms with Crippen LogP contribution in [0.15, 0.2) is 47.3 Å². The first-order chi connectivity index (χ1) is 14.7. The molecule has 2 aromatic carbocycles. The summed E-state index contributed by atoms with van der Waals surface area (Å²) in [6.07, 6.45) is 0.